The first-order chi connectivity index (χ1) is 9.60. The Morgan fingerprint density at radius 2 is 1.36 bits per heavy atom. The Hall–Kier alpha value is -1.49. The first kappa shape index (κ1) is 20.5. The van der Waals surface area contributed by atoms with Crippen molar-refractivity contribution in [2.45, 2.75) is 43.6 Å². The van der Waals surface area contributed by atoms with Crippen LogP contribution in [-0.2, 0) is 9.53 Å². The van der Waals surface area contributed by atoms with Crippen LogP contribution in [0.1, 0.15) is 6.92 Å². The van der Waals surface area contributed by atoms with E-state index in [9.17, 15) is 48.7 Å². The Bertz CT molecular complexity index is 433. The minimum atomic E-state index is -6.91. The molecule has 0 aliphatic carbocycles. The largest absolute Gasteiger partial charge is 0.421 e. The smallest absolute Gasteiger partial charge is 0.382 e. The predicted octanol–water partition coefficient (Wildman–Crippen LogP) is 3.91. The van der Waals surface area contributed by atoms with Crippen molar-refractivity contribution in [2.75, 3.05) is 0 Å². The Morgan fingerprint density at radius 3 is 1.68 bits per heavy atom. The van der Waals surface area contributed by atoms with E-state index in [1.165, 1.54) is 0 Å². The lowest BCUT2D eigenvalue weighted by atomic mass is 10.0. The SMILES string of the molecule is C=C(C)C(=O)OC(F)C(F)(F)C(F)(F)C(F)(F)C(F)C(F)F. The van der Waals surface area contributed by atoms with Crippen molar-refractivity contribution in [1.29, 1.82) is 0 Å². The molecule has 0 saturated carbocycles. The third-order valence-electron chi connectivity index (χ3n) is 2.25. The number of carbonyl (C=O) groups is 1. The van der Waals surface area contributed by atoms with E-state index in [0.29, 0.717) is 0 Å². The summed E-state index contributed by atoms with van der Waals surface area (Å²) in [6.45, 7) is 3.56. The molecule has 0 aliphatic rings. The van der Waals surface area contributed by atoms with Crippen LogP contribution in [-0.4, -0.2) is 42.7 Å². The quantitative estimate of drug-likeness (QED) is 0.395. The van der Waals surface area contributed by atoms with Gasteiger partial charge in [0.05, 0.1) is 0 Å². The van der Waals surface area contributed by atoms with Crippen LogP contribution >= 0.6 is 0 Å². The van der Waals surface area contributed by atoms with Crippen molar-refractivity contribution in [2.24, 2.45) is 0 Å². The molecule has 0 fully saturated rings. The third kappa shape index (κ3) is 3.46. The fraction of sp³-hybridized carbons (Fsp3) is 0.700. The van der Waals surface area contributed by atoms with E-state index < -0.39 is 48.3 Å². The highest BCUT2D eigenvalue weighted by Crippen LogP contribution is 2.51. The van der Waals surface area contributed by atoms with Crippen LogP contribution in [0.2, 0.25) is 0 Å². The summed E-state index contributed by atoms with van der Waals surface area (Å²) in [5.74, 6) is -22.0. The number of carbonyl (C=O) groups excluding carboxylic acids is 1. The molecule has 0 saturated heterocycles. The van der Waals surface area contributed by atoms with Crippen molar-refractivity contribution in [3.05, 3.63) is 12.2 Å². The molecule has 2 nitrogen and oxygen atoms in total. The summed E-state index contributed by atoms with van der Waals surface area (Å²) >= 11 is 0. The summed E-state index contributed by atoms with van der Waals surface area (Å²) in [5, 5.41) is 0. The van der Waals surface area contributed by atoms with Crippen LogP contribution in [0.15, 0.2) is 12.2 Å². The molecule has 0 aliphatic heterocycles. The zero-order valence-electron chi connectivity index (χ0n) is 10.5. The first-order valence-electron chi connectivity index (χ1n) is 5.16. The number of rotatable bonds is 7. The minimum Gasteiger partial charge on any atom is -0.421 e. The maximum absolute atomic E-state index is 13.0. The maximum atomic E-state index is 13.0. The molecule has 0 rings (SSSR count). The molecule has 2 atom stereocenters. The van der Waals surface area contributed by atoms with Gasteiger partial charge in [0, 0.05) is 5.57 Å². The highest BCUT2D eigenvalue weighted by atomic mass is 19.4. The highest BCUT2D eigenvalue weighted by Gasteiger charge is 2.79. The summed E-state index contributed by atoms with van der Waals surface area (Å²) in [7, 11) is 0. The summed E-state index contributed by atoms with van der Waals surface area (Å²) in [4.78, 5) is 10.7. The Morgan fingerprint density at radius 1 is 0.955 bits per heavy atom. The number of alkyl halides is 10. The lowest BCUT2D eigenvalue weighted by Gasteiger charge is -2.34. The van der Waals surface area contributed by atoms with Gasteiger partial charge in [-0.3, -0.25) is 0 Å². The molecule has 0 aromatic carbocycles. The molecule has 2 unspecified atom stereocenters. The Kier molecular flexibility index (Phi) is 5.90. The second-order valence-corrected chi connectivity index (χ2v) is 4.06. The van der Waals surface area contributed by atoms with Gasteiger partial charge in [-0.1, -0.05) is 6.58 Å². The van der Waals surface area contributed by atoms with Crippen molar-refractivity contribution < 1.29 is 53.4 Å². The summed E-state index contributed by atoms with van der Waals surface area (Å²) in [6, 6.07) is 0. The van der Waals surface area contributed by atoms with E-state index >= 15 is 0 Å². The standard InChI is InChI=1S/C10H8F10O2/c1-3(2)6(21)22-7(14)9(17,18)10(19,20)8(15,16)4(11)5(12)13/h4-5,7H,1H2,2H3. The topological polar surface area (TPSA) is 26.3 Å². The molecule has 0 N–H and O–H groups in total. The zero-order valence-corrected chi connectivity index (χ0v) is 10.5. The third-order valence-corrected chi connectivity index (χ3v) is 2.25. The van der Waals surface area contributed by atoms with Gasteiger partial charge in [-0.05, 0) is 6.92 Å². The number of hydrogen-bond donors (Lipinski definition) is 0. The van der Waals surface area contributed by atoms with Crippen LogP contribution in [0.25, 0.3) is 0 Å². The van der Waals surface area contributed by atoms with Crippen molar-refractivity contribution in [3.63, 3.8) is 0 Å². The average molecular weight is 350 g/mol. The lowest BCUT2D eigenvalue weighted by molar-refractivity contribution is -0.365. The van der Waals surface area contributed by atoms with E-state index in [-0.39, 0.29) is 0 Å². The van der Waals surface area contributed by atoms with Crippen LogP contribution in [0, 0.1) is 0 Å². The molecule has 0 heterocycles. The summed E-state index contributed by atoms with van der Waals surface area (Å²) < 4.78 is 129. The fourth-order valence-corrected chi connectivity index (χ4v) is 0.965. The van der Waals surface area contributed by atoms with Crippen molar-refractivity contribution in [1.82, 2.24) is 0 Å². The second kappa shape index (κ2) is 6.32. The summed E-state index contributed by atoms with van der Waals surface area (Å²) in [6.07, 6.45) is -14.4. The van der Waals surface area contributed by atoms with Crippen LogP contribution < -0.4 is 0 Å². The van der Waals surface area contributed by atoms with Gasteiger partial charge in [-0.15, -0.1) is 0 Å². The molecule has 0 radical (unpaired) electrons. The van der Waals surface area contributed by atoms with Gasteiger partial charge in [0.1, 0.15) is 0 Å². The average Bonchev–Trinajstić information content (AvgIpc) is 2.36. The van der Waals surface area contributed by atoms with Gasteiger partial charge in [-0.2, -0.15) is 30.7 Å². The monoisotopic (exact) mass is 350 g/mol. The van der Waals surface area contributed by atoms with E-state index in [0.717, 1.165) is 6.92 Å². The van der Waals surface area contributed by atoms with E-state index in [2.05, 4.69) is 11.3 Å². The molecule has 0 spiro atoms. The van der Waals surface area contributed by atoms with Crippen molar-refractivity contribution >= 4 is 5.97 Å². The van der Waals surface area contributed by atoms with Gasteiger partial charge in [0.15, 0.2) is 0 Å². The maximum Gasteiger partial charge on any atom is 0.382 e. The summed E-state index contributed by atoms with van der Waals surface area (Å²) in [5.41, 5.74) is -0.746. The molecule has 0 amide bonds. The molecule has 0 aromatic rings. The number of hydrogen-bond acceptors (Lipinski definition) is 2. The minimum absolute atomic E-state index is 0.746. The Labute approximate surface area is 116 Å². The van der Waals surface area contributed by atoms with E-state index in [1.807, 2.05) is 0 Å². The molecular weight excluding hydrogens is 342 g/mol. The number of ether oxygens (including phenoxy) is 1. The normalized spacial score (nSPS) is 16.4. The predicted molar refractivity (Wildman–Crippen MR) is 51.5 cm³/mol. The van der Waals surface area contributed by atoms with Gasteiger partial charge >= 0.3 is 30.1 Å². The fourth-order valence-electron chi connectivity index (χ4n) is 0.965. The molecule has 0 bridgehead atoms. The molecule has 130 valence electrons. The van der Waals surface area contributed by atoms with Crippen molar-refractivity contribution in [3.8, 4) is 0 Å². The second-order valence-electron chi connectivity index (χ2n) is 4.06. The molecule has 12 heteroatoms. The molecule has 22 heavy (non-hydrogen) atoms. The van der Waals surface area contributed by atoms with Gasteiger partial charge in [-0.25, -0.2) is 18.0 Å². The number of halogens is 10. The Balaban J connectivity index is 5.55. The van der Waals surface area contributed by atoms with E-state index in [1.54, 1.807) is 0 Å². The highest BCUT2D eigenvalue weighted by molar-refractivity contribution is 5.87. The molecule has 0 aromatic heterocycles. The zero-order chi connectivity index (χ0) is 18.1. The molecular formula is C10H8F10O2. The van der Waals surface area contributed by atoms with E-state index in [4.69, 9.17) is 0 Å². The first-order valence-corrected chi connectivity index (χ1v) is 5.16. The van der Waals surface area contributed by atoms with Gasteiger partial charge in [0.2, 0.25) is 6.17 Å². The lowest BCUT2D eigenvalue weighted by Crippen LogP contribution is -2.63. The van der Waals surface area contributed by atoms with Crippen LogP contribution in [0.4, 0.5) is 43.9 Å². The van der Waals surface area contributed by atoms with Crippen LogP contribution in [0.3, 0.4) is 0 Å². The van der Waals surface area contributed by atoms with Gasteiger partial charge in [0.25, 0.3) is 6.43 Å². The number of esters is 1. The van der Waals surface area contributed by atoms with Gasteiger partial charge < -0.3 is 4.74 Å². The van der Waals surface area contributed by atoms with Crippen LogP contribution in [0.5, 0.6) is 0 Å².